The van der Waals surface area contributed by atoms with E-state index in [4.69, 9.17) is 0 Å². The summed E-state index contributed by atoms with van der Waals surface area (Å²) in [5, 5.41) is 1.69. The van der Waals surface area contributed by atoms with Gasteiger partial charge in [0.2, 0.25) is 0 Å². The number of fused-ring (bicyclic) bond motifs is 1. The minimum absolute atomic E-state index is 0.164. The van der Waals surface area contributed by atoms with Gasteiger partial charge in [-0.05, 0) is 37.6 Å². The van der Waals surface area contributed by atoms with Crippen LogP contribution in [0.3, 0.4) is 0 Å². The third kappa shape index (κ3) is 2.33. The van der Waals surface area contributed by atoms with Gasteiger partial charge < -0.3 is 9.88 Å². The predicted molar refractivity (Wildman–Crippen MR) is 85.6 cm³/mol. The zero-order valence-electron chi connectivity index (χ0n) is 12.2. The molecule has 2 aromatic rings. The summed E-state index contributed by atoms with van der Waals surface area (Å²) >= 11 is 1.94. The van der Waals surface area contributed by atoms with Gasteiger partial charge >= 0.3 is 0 Å². The predicted octanol–water partition coefficient (Wildman–Crippen LogP) is 3.36. The Bertz CT molecular complexity index is 662. The fourth-order valence-electron chi connectivity index (χ4n) is 2.78. The van der Waals surface area contributed by atoms with E-state index in [1.807, 2.05) is 34.9 Å². The number of amides is 1. The van der Waals surface area contributed by atoms with E-state index in [1.54, 1.807) is 0 Å². The number of aromatic nitrogens is 1. The summed E-state index contributed by atoms with van der Waals surface area (Å²) in [5.74, 6) is 1.20. The molecule has 0 spiro atoms. The van der Waals surface area contributed by atoms with Crippen LogP contribution in [-0.4, -0.2) is 39.9 Å². The number of hydrogen-bond acceptors (Lipinski definition) is 2. The average Bonchev–Trinajstić information content (AvgIpc) is 2.73. The van der Waals surface area contributed by atoms with Gasteiger partial charge in [0.1, 0.15) is 0 Å². The molecular weight excluding hydrogens is 268 g/mol. The number of rotatable bonds is 1. The van der Waals surface area contributed by atoms with Gasteiger partial charge in [0.25, 0.3) is 5.91 Å². The molecule has 1 aliphatic heterocycles. The molecule has 0 radical (unpaired) electrons. The Kier molecular flexibility index (Phi) is 3.50. The number of hydrogen-bond donors (Lipinski definition) is 1. The number of aryl methyl sites for hydroxylation is 2. The lowest BCUT2D eigenvalue weighted by atomic mass is 10.1. The third-order valence-corrected chi connectivity index (χ3v) is 5.22. The van der Waals surface area contributed by atoms with Crippen molar-refractivity contribution in [1.82, 2.24) is 9.88 Å². The van der Waals surface area contributed by atoms with Gasteiger partial charge in [-0.1, -0.05) is 6.92 Å². The topological polar surface area (TPSA) is 36.1 Å². The average molecular weight is 288 g/mol. The van der Waals surface area contributed by atoms with E-state index in [9.17, 15) is 4.79 Å². The van der Waals surface area contributed by atoms with Gasteiger partial charge in [0.05, 0.1) is 0 Å². The van der Waals surface area contributed by atoms with E-state index in [0.717, 1.165) is 35.3 Å². The van der Waals surface area contributed by atoms with Crippen LogP contribution >= 0.6 is 11.8 Å². The van der Waals surface area contributed by atoms with Crippen LogP contribution in [0.1, 0.15) is 28.5 Å². The largest absolute Gasteiger partial charge is 0.358 e. The summed E-state index contributed by atoms with van der Waals surface area (Å²) in [5.41, 5.74) is 4.32. The smallest absolute Gasteiger partial charge is 0.253 e. The van der Waals surface area contributed by atoms with Crippen LogP contribution in [-0.2, 0) is 0 Å². The van der Waals surface area contributed by atoms with E-state index in [0.29, 0.717) is 5.25 Å². The van der Waals surface area contributed by atoms with Crippen LogP contribution in [0.5, 0.6) is 0 Å². The molecule has 1 aromatic heterocycles. The SMILES string of the molecule is Cc1[nH]c2ccc(C(=O)N3CCSC(C)C3)cc2c1C. The molecule has 3 nitrogen and oxygen atoms in total. The van der Waals surface area contributed by atoms with E-state index in [2.05, 4.69) is 25.8 Å². The maximum atomic E-state index is 12.6. The zero-order valence-corrected chi connectivity index (χ0v) is 13.0. The van der Waals surface area contributed by atoms with Crippen molar-refractivity contribution >= 4 is 28.6 Å². The second kappa shape index (κ2) is 5.17. The first kappa shape index (κ1) is 13.6. The lowest BCUT2D eigenvalue weighted by Gasteiger charge is -2.30. The van der Waals surface area contributed by atoms with Gasteiger partial charge in [0.15, 0.2) is 0 Å². The molecule has 2 heterocycles. The van der Waals surface area contributed by atoms with Crippen molar-refractivity contribution < 1.29 is 4.79 Å². The molecule has 1 saturated heterocycles. The lowest BCUT2D eigenvalue weighted by molar-refractivity contribution is 0.0763. The number of aromatic amines is 1. The van der Waals surface area contributed by atoms with Gasteiger partial charge in [-0.2, -0.15) is 11.8 Å². The number of thioether (sulfide) groups is 1. The number of H-pyrrole nitrogens is 1. The van der Waals surface area contributed by atoms with Crippen LogP contribution in [0.4, 0.5) is 0 Å². The first-order chi connectivity index (χ1) is 9.56. The fraction of sp³-hybridized carbons (Fsp3) is 0.438. The lowest BCUT2D eigenvalue weighted by Crippen LogP contribution is -2.41. The molecule has 4 heteroatoms. The van der Waals surface area contributed by atoms with Crippen molar-refractivity contribution in [3.63, 3.8) is 0 Å². The van der Waals surface area contributed by atoms with Gasteiger partial charge in [-0.15, -0.1) is 0 Å². The maximum Gasteiger partial charge on any atom is 0.253 e. The van der Waals surface area contributed by atoms with Gasteiger partial charge in [0, 0.05) is 46.3 Å². The van der Waals surface area contributed by atoms with Gasteiger partial charge in [-0.25, -0.2) is 0 Å². The van der Waals surface area contributed by atoms with Crippen molar-refractivity contribution in [3.8, 4) is 0 Å². The number of carbonyl (C=O) groups excluding carboxylic acids is 1. The van der Waals surface area contributed by atoms with Crippen LogP contribution < -0.4 is 0 Å². The number of nitrogens with zero attached hydrogens (tertiary/aromatic N) is 1. The van der Waals surface area contributed by atoms with Crippen molar-refractivity contribution in [1.29, 1.82) is 0 Å². The Balaban J connectivity index is 1.93. The Morgan fingerprint density at radius 1 is 1.40 bits per heavy atom. The summed E-state index contributed by atoms with van der Waals surface area (Å²) in [6.45, 7) is 8.07. The molecule has 1 N–H and O–H groups in total. The number of benzene rings is 1. The van der Waals surface area contributed by atoms with E-state index in [1.165, 1.54) is 11.3 Å². The second-order valence-electron chi connectivity index (χ2n) is 5.57. The van der Waals surface area contributed by atoms with Crippen LogP contribution in [0.25, 0.3) is 10.9 Å². The van der Waals surface area contributed by atoms with Crippen LogP contribution in [0.15, 0.2) is 18.2 Å². The molecule has 3 rings (SSSR count). The normalized spacial score (nSPS) is 19.6. The summed E-state index contributed by atoms with van der Waals surface area (Å²) in [7, 11) is 0. The van der Waals surface area contributed by atoms with Crippen molar-refractivity contribution in [2.45, 2.75) is 26.0 Å². The van der Waals surface area contributed by atoms with Crippen molar-refractivity contribution in [2.24, 2.45) is 0 Å². The van der Waals surface area contributed by atoms with E-state index in [-0.39, 0.29) is 5.91 Å². The molecule has 1 unspecified atom stereocenters. The standard InChI is InChI=1S/C16H20N2OS/c1-10-9-18(6-7-20-10)16(19)13-4-5-15-14(8-13)11(2)12(3)17-15/h4-5,8,10,17H,6-7,9H2,1-3H3. The van der Waals surface area contributed by atoms with E-state index >= 15 is 0 Å². The summed E-state index contributed by atoms with van der Waals surface area (Å²) in [6, 6.07) is 5.99. The van der Waals surface area contributed by atoms with Crippen molar-refractivity contribution in [3.05, 3.63) is 35.0 Å². The fourth-order valence-corrected chi connectivity index (χ4v) is 3.79. The summed E-state index contributed by atoms with van der Waals surface area (Å²) < 4.78 is 0. The van der Waals surface area contributed by atoms with Gasteiger partial charge in [-0.3, -0.25) is 4.79 Å². The molecule has 0 aliphatic carbocycles. The molecule has 1 atom stereocenters. The molecule has 1 fully saturated rings. The first-order valence-electron chi connectivity index (χ1n) is 7.06. The highest BCUT2D eigenvalue weighted by atomic mass is 32.2. The molecule has 1 aromatic carbocycles. The molecule has 20 heavy (non-hydrogen) atoms. The Labute approximate surface area is 123 Å². The summed E-state index contributed by atoms with van der Waals surface area (Å²) in [4.78, 5) is 17.9. The Morgan fingerprint density at radius 3 is 2.95 bits per heavy atom. The first-order valence-corrected chi connectivity index (χ1v) is 8.11. The highest BCUT2D eigenvalue weighted by Gasteiger charge is 2.22. The van der Waals surface area contributed by atoms with E-state index < -0.39 is 0 Å². The Morgan fingerprint density at radius 2 is 2.20 bits per heavy atom. The van der Waals surface area contributed by atoms with Crippen LogP contribution in [0.2, 0.25) is 0 Å². The number of nitrogens with one attached hydrogen (secondary N) is 1. The second-order valence-corrected chi connectivity index (χ2v) is 7.11. The quantitative estimate of drug-likeness (QED) is 0.873. The molecule has 1 amide bonds. The maximum absolute atomic E-state index is 12.6. The molecular formula is C16H20N2OS. The third-order valence-electron chi connectivity index (χ3n) is 4.08. The van der Waals surface area contributed by atoms with Crippen molar-refractivity contribution in [2.75, 3.05) is 18.8 Å². The monoisotopic (exact) mass is 288 g/mol. The zero-order chi connectivity index (χ0) is 14.3. The molecule has 0 saturated carbocycles. The highest BCUT2D eigenvalue weighted by molar-refractivity contribution is 7.99. The van der Waals surface area contributed by atoms with Crippen LogP contribution in [0, 0.1) is 13.8 Å². The molecule has 106 valence electrons. The molecule has 1 aliphatic rings. The molecule has 0 bridgehead atoms. The summed E-state index contributed by atoms with van der Waals surface area (Å²) in [6.07, 6.45) is 0. The highest BCUT2D eigenvalue weighted by Crippen LogP contribution is 2.24. The Hall–Kier alpha value is -1.42. The number of carbonyl (C=O) groups is 1. The minimum atomic E-state index is 0.164. The minimum Gasteiger partial charge on any atom is -0.358 e.